The van der Waals surface area contributed by atoms with Crippen LogP contribution in [0.2, 0.25) is 0 Å². The molecule has 0 aromatic heterocycles. The molecule has 0 amide bonds. The van der Waals surface area contributed by atoms with E-state index in [9.17, 15) is 0 Å². The summed E-state index contributed by atoms with van der Waals surface area (Å²) in [6.07, 6.45) is 14.1. The fourth-order valence-corrected chi connectivity index (χ4v) is 5.31. The number of hydrogen-bond donors (Lipinski definition) is 0. The summed E-state index contributed by atoms with van der Waals surface area (Å²) < 4.78 is 0. The van der Waals surface area contributed by atoms with Crippen LogP contribution in [0.15, 0.2) is 0 Å². The van der Waals surface area contributed by atoms with E-state index in [0.717, 1.165) is 35.5 Å². The molecule has 0 aromatic rings. The van der Waals surface area contributed by atoms with Gasteiger partial charge in [0.05, 0.1) is 0 Å². The third-order valence-electron chi connectivity index (χ3n) is 6.22. The molecule has 0 aromatic carbocycles. The second-order valence-electron chi connectivity index (χ2n) is 7.72. The molecule has 0 spiro atoms. The van der Waals surface area contributed by atoms with Crippen LogP contribution in [0.1, 0.15) is 71.6 Å². The summed E-state index contributed by atoms with van der Waals surface area (Å²) >= 11 is 0. The first-order valence-electron chi connectivity index (χ1n) is 8.22. The van der Waals surface area contributed by atoms with Gasteiger partial charge in [-0.25, -0.2) is 0 Å². The van der Waals surface area contributed by atoms with Gasteiger partial charge in [-0.2, -0.15) is 0 Å². The molecule has 4 atom stereocenters. The maximum absolute atomic E-state index is 2.44. The molecule has 3 fully saturated rings. The van der Waals surface area contributed by atoms with Crippen LogP contribution < -0.4 is 0 Å². The maximum atomic E-state index is 2.44. The normalized spacial score (nSPS) is 43.2. The first kappa shape index (κ1) is 12.1. The van der Waals surface area contributed by atoms with Crippen molar-refractivity contribution in [3.8, 4) is 0 Å². The molecule has 3 aliphatic rings. The van der Waals surface area contributed by atoms with Gasteiger partial charge in [0.15, 0.2) is 0 Å². The zero-order chi connectivity index (χ0) is 11.8. The molecule has 0 radical (unpaired) electrons. The van der Waals surface area contributed by atoms with Gasteiger partial charge in [0.1, 0.15) is 0 Å². The van der Waals surface area contributed by atoms with Crippen molar-refractivity contribution in [2.75, 3.05) is 0 Å². The van der Waals surface area contributed by atoms with E-state index >= 15 is 0 Å². The van der Waals surface area contributed by atoms with E-state index in [1.165, 1.54) is 12.8 Å². The molecule has 98 valence electrons. The minimum atomic E-state index is 0.934. The van der Waals surface area contributed by atoms with Crippen molar-refractivity contribution in [1.29, 1.82) is 0 Å². The lowest BCUT2D eigenvalue weighted by Crippen LogP contribution is -2.34. The van der Waals surface area contributed by atoms with Gasteiger partial charge in [0, 0.05) is 0 Å². The summed E-state index contributed by atoms with van der Waals surface area (Å²) in [7, 11) is 0. The van der Waals surface area contributed by atoms with E-state index in [4.69, 9.17) is 0 Å². The van der Waals surface area contributed by atoms with Gasteiger partial charge < -0.3 is 0 Å². The smallest absolute Gasteiger partial charge is 0.0381 e. The summed E-state index contributed by atoms with van der Waals surface area (Å²) in [5.74, 6) is 6.48. The molecule has 3 aliphatic carbocycles. The molecule has 17 heavy (non-hydrogen) atoms. The second kappa shape index (κ2) is 4.94. The largest absolute Gasteiger partial charge is 0.0625 e. The van der Waals surface area contributed by atoms with Crippen LogP contribution in [0.25, 0.3) is 0 Å². The molecule has 0 heteroatoms. The van der Waals surface area contributed by atoms with Crippen LogP contribution in [0.5, 0.6) is 0 Å². The lowest BCUT2D eigenvalue weighted by molar-refractivity contribution is 0.0561. The Labute approximate surface area is 108 Å². The summed E-state index contributed by atoms with van der Waals surface area (Å²) in [5.41, 5.74) is 0. The average Bonchev–Trinajstić information content (AvgIpc) is 2.80. The van der Waals surface area contributed by atoms with E-state index in [2.05, 4.69) is 13.8 Å². The molecule has 0 saturated heterocycles. The predicted molar refractivity (Wildman–Crippen MR) is 73.8 cm³/mol. The van der Waals surface area contributed by atoms with Crippen molar-refractivity contribution in [2.24, 2.45) is 35.5 Å². The van der Waals surface area contributed by atoms with Crippen molar-refractivity contribution in [3.63, 3.8) is 0 Å². The Balaban J connectivity index is 1.61. The van der Waals surface area contributed by atoms with Gasteiger partial charge in [-0.3, -0.25) is 0 Å². The first-order chi connectivity index (χ1) is 8.22. The number of rotatable bonds is 2. The Bertz CT molecular complexity index is 235. The Morgan fingerprint density at radius 3 is 1.82 bits per heavy atom. The molecule has 0 aliphatic heterocycles. The van der Waals surface area contributed by atoms with Crippen molar-refractivity contribution >= 4 is 0 Å². The van der Waals surface area contributed by atoms with Crippen molar-refractivity contribution in [2.45, 2.75) is 71.6 Å². The first-order valence-corrected chi connectivity index (χ1v) is 8.22. The summed E-state index contributed by atoms with van der Waals surface area (Å²) in [4.78, 5) is 0. The van der Waals surface area contributed by atoms with E-state index in [1.807, 2.05) is 0 Å². The number of fused-ring (bicyclic) bond motifs is 2. The van der Waals surface area contributed by atoms with Crippen molar-refractivity contribution in [1.82, 2.24) is 0 Å². The van der Waals surface area contributed by atoms with E-state index < -0.39 is 0 Å². The van der Waals surface area contributed by atoms with Crippen LogP contribution in [0.3, 0.4) is 0 Å². The Morgan fingerprint density at radius 2 is 1.29 bits per heavy atom. The van der Waals surface area contributed by atoms with Gasteiger partial charge in [-0.15, -0.1) is 0 Å². The van der Waals surface area contributed by atoms with Gasteiger partial charge in [0.25, 0.3) is 0 Å². The maximum Gasteiger partial charge on any atom is -0.0381 e. The zero-order valence-corrected chi connectivity index (χ0v) is 11.8. The lowest BCUT2D eigenvalue weighted by Gasteiger charge is -2.45. The minimum Gasteiger partial charge on any atom is -0.0625 e. The quantitative estimate of drug-likeness (QED) is 0.610. The zero-order valence-electron chi connectivity index (χ0n) is 11.8. The van der Waals surface area contributed by atoms with Crippen molar-refractivity contribution in [3.05, 3.63) is 0 Å². The monoisotopic (exact) mass is 234 g/mol. The molecule has 3 rings (SSSR count). The van der Waals surface area contributed by atoms with Crippen molar-refractivity contribution < 1.29 is 0 Å². The molecule has 0 nitrogen and oxygen atoms in total. The lowest BCUT2D eigenvalue weighted by atomic mass is 9.60. The fourth-order valence-electron chi connectivity index (χ4n) is 5.31. The van der Waals surface area contributed by atoms with E-state index in [1.54, 1.807) is 44.9 Å². The second-order valence-corrected chi connectivity index (χ2v) is 7.72. The van der Waals surface area contributed by atoms with Crippen LogP contribution in [-0.2, 0) is 0 Å². The molecule has 3 saturated carbocycles. The summed E-state index contributed by atoms with van der Waals surface area (Å²) in [6.45, 7) is 4.89. The van der Waals surface area contributed by atoms with Gasteiger partial charge in [-0.1, -0.05) is 39.5 Å². The number of hydrogen-bond acceptors (Lipinski definition) is 0. The van der Waals surface area contributed by atoms with E-state index in [-0.39, 0.29) is 0 Å². The Kier molecular flexibility index (Phi) is 3.50. The molecule has 2 bridgehead atoms. The Morgan fingerprint density at radius 1 is 0.706 bits per heavy atom. The highest BCUT2D eigenvalue weighted by Crippen LogP contribution is 2.50. The van der Waals surface area contributed by atoms with Crippen LogP contribution in [0, 0.1) is 35.5 Å². The fraction of sp³-hybridized carbons (Fsp3) is 1.00. The van der Waals surface area contributed by atoms with Crippen LogP contribution >= 0.6 is 0 Å². The molecule has 0 N–H and O–H groups in total. The molecule has 0 heterocycles. The van der Waals surface area contributed by atoms with Crippen LogP contribution in [0.4, 0.5) is 0 Å². The van der Waals surface area contributed by atoms with Gasteiger partial charge in [0.2, 0.25) is 0 Å². The highest BCUT2D eigenvalue weighted by atomic mass is 14.4. The van der Waals surface area contributed by atoms with Gasteiger partial charge >= 0.3 is 0 Å². The van der Waals surface area contributed by atoms with Gasteiger partial charge in [-0.05, 0) is 67.6 Å². The Hall–Kier alpha value is 0. The molecular formula is C17H30. The summed E-state index contributed by atoms with van der Waals surface area (Å²) in [5, 5.41) is 0. The molecular weight excluding hydrogens is 204 g/mol. The molecule has 2 unspecified atom stereocenters. The predicted octanol–water partition coefficient (Wildman–Crippen LogP) is 5.28. The summed E-state index contributed by atoms with van der Waals surface area (Å²) in [6, 6.07) is 0. The SMILES string of the molecule is CC(C)C1C[C@@H]2CC(C3CCCC3)C[C@H](C1)C2. The van der Waals surface area contributed by atoms with E-state index in [0.29, 0.717) is 0 Å². The standard InChI is InChI=1S/C17H30/c1-12(2)16-8-13-7-14(9-16)11-17(10-13)15-5-3-4-6-15/h12-17H,3-11H2,1-2H3/t13-,14+,16?,17?. The highest BCUT2D eigenvalue weighted by Gasteiger charge is 2.39. The van der Waals surface area contributed by atoms with Crippen LogP contribution in [-0.4, -0.2) is 0 Å². The third kappa shape index (κ3) is 2.56. The third-order valence-corrected chi connectivity index (χ3v) is 6.22. The topological polar surface area (TPSA) is 0 Å². The minimum absolute atomic E-state index is 0.934. The average molecular weight is 234 g/mol. The highest BCUT2D eigenvalue weighted by molar-refractivity contribution is 4.90.